The molecule has 0 aliphatic carbocycles. The molecular formula is C17H12F6N4O2. The summed E-state index contributed by atoms with van der Waals surface area (Å²) >= 11 is 0. The van der Waals surface area contributed by atoms with E-state index in [9.17, 15) is 31.1 Å². The molecule has 12 heteroatoms. The number of hydrogen-bond acceptors (Lipinski definition) is 4. The summed E-state index contributed by atoms with van der Waals surface area (Å²) in [4.78, 5) is 15.4. The van der Waals surface area contributed by atoms with Crippen LogP contribution in [0, 0.1) is 24.4 Å². The molecular weight excluding hydrogens is 406 g/mol. The number of nitrogens with two attached hydrogens (primary N) is 1. The number of carbonyl (C=O) groups excluding carboxylic acids is 1. The van der Waals surface area contributed by atoms with E-state index >= 15 is 0 Å². The maximum Gasteiger partial charge on any atom is 0.416 e. The fraction of sp³-hybridized carbons (Fsp3) is 0.176. The van der Waals surface area contributed by atoms with Gasteiger partial charge >= 0.3 is 12.2 Å². The number of aromatic nitrogens is 1. The number of aryl methyl sites for hydroxylation is 1. The predicted octanol–water partition coefficient (Wildman–Crippen LogP) is 4.56. The summed E-state index contributed by atoms with van der Waals surface area (Å²) in [5.41, 5.74) is 4.13. The van der Waals surface area contributed by atoms with E-state index < -0.39 is 52.9 Å². The van der Waals surface area contributed by atoms with Gasteiger partial charge in [-0.2, -0.15) is 13.2 Å². The highest BCUT2D eigenvalue weighted by Crippen LogP contribution is 2.39. The van der Waals surface area contributed by atoms with Crippen LogP contribution >= 0.6 is 0 Å². The van der Waals surface area contributed by atoms with Gasteiger partial charge in [-0.3, -0.25) is 0 Å². The number of carbonyl (C=O) groups is 1. The van der Waals surface area contributed by atoms with E-state index in [2.05, 4.69) is 4.98 Å². The first-order valence-corrected chi connectivity index (χ1v) is 7.90. The fourth-order valence-electron chi connectivity index (χ4n) is 2.65. The number of nitrogens with one attached hydrogen (secondary N) is 2. The van der Waals surface area contributed by atoms with Crippen LogP contribution in [0.25, 0.3) is 11.0 Å². The Balaban J connectivity index is 1.94. The Morgan fingerprint density at radius 3 is 2.48 bits per heavy atom. The smallest absolute Gasteiger partial charge is 0.416 e. The minimum Gasteiger partial charge on any atom is -0.455 e. The average Bonchev–Trinajstić information content (AvgIpc) is 2.92. The number of nitrogen functional groups attached to an aromatic ring is 1. The Labute approximate surface area is 158 Å². The molecule has 4 N–H and O–H groups in total. The van der Waals surface area contributed by atoms with Crippen LogP contribution in [0.5, 0.6) is 0 Å². The summed E-state index contributed by atoms with van der Waals surface area (Å²) in [5.74, 6) is -4.47. The number of hydrogen-bond donors (Lipinski definition) is 3. The van der Waals surface area contributed by atoms with Gasteiger partial charge in [0, 0.05) is 23.1 Å². The predicted molar refractivity (Wildman–Crippen MR) is 90.4 cm³/mol. The molecule has 3 rings (SSSR count). The summed E-state index contributed by atoms with van der Waals surface area (Å²) in [6.07, 6.45) is -4.11. The molecule has 0 saturated heterocycles. The molecule has 29 heavy (non-hydrogen) atoms. The van der Waals surface area contributed by atoms with Crippen molar-refractivity contribution in [2.75, 3.05) is 11.1 Å². The number of amides is 2. The second-order valence-electron chi connectivity index (χ2n) is 6.02. The highest BCUT2D eigenvalue weighted by molar-refractivity contribution is 5.90. The summed E-state index contributed by atoms with van der Waals surface area (Å²) < 4.78 is 86.2. The molecule has 0 spiro atoms. The molecule has 2 heterocycles. The van der Waals surface area contributed by atoms with Crippen LogP contribution in [0.15, 0.2) is 28.8 Å². The molecule has 0 saturated carbocycles. The molecule has 2 aromatic heterocycles. The van der Waals surface area contributed by atoms with E-state index in [1.54, 1.807) is 5.32 Å². The van der Waals surface area contributed by atoms with Gasteiger partial charge in [0.25, 0.3) is 0 Å². The third-order valence-electron chi connectivity index (χ3n) is 3.99. The van der Waals surface area contributed by atoms with Crippen molar-refractivity contribution in [3.8, 4) is 0 Å². The van der Waals surface area contributed by atoms with E-state index in [1.165, 1.54) is 0 Å². The van der Waals surface area contributed by atoms with Crippen molar-refractivity contribution in [3.05, 3.63) is 53.2 Å². The highest BCUT2D eigenvalue weighted by Gasteiger charge is 2.45. The van der Waals surface area contributed by atoms with Gasteiger partial charge in [0.2, 0.25) is 0 Å². The van der Waals surface area contributed by atoms with Crippen molar-refractivity contribution in [3.63, 3.8) is 0 Å². The molecule has 0 bridgehead atoms. The average molecular weight is 418 g/mol. The fourth-order valence-corrected chi connectivity index (χ4v) is 2.65. The molecule has 3 aromatic rings. The van der Waals surface area contributed by atoms with Crippen LogP contribution in [0.1, 0.15) is 17.4 Å². The van der Waals surface area contributed by atoms with Crippen LogP contribution in [-0.4, -0.2) is 17.2 Å². The number of furan rings is 1. The molecule has 1 atom stereocenters. The third-order valence-corrected chi connectivity index (χ3v) is 3.99. The van der Waals surface area contributed by atoms with Crippen LogP contribution in [-0.2, 0) is 0 Å². The lowest BCUT2D eigenvalue weighted by Crippen LogP contribution is -2.40. The Bertz CT molecular complexity index is 1100. The Hall–Kier alpha value is -3.44. The summed E-state index contributed by atoms with van der Waals surface area (Å²) in [7, 11) is 0. The first-order valence-electron chi connectivity index (χ1n) is 7.90. The van der Waals surface area contributed by atoms with Gasteiger partial charge in [0.15, 0.2) is 29.1 Å². The number of nitrogens with zero attached hydrogens (tertiary/aromatic N) is 1. The minimum absolute atomic E-state index is 0.207. The van der Waals surface area contributed by atoms with Gasteiger partial charge in [0.05, 0.1) is 11.9 Å². The summed E-state index contributed by atoms with van der Waals surface area (Å²) in [5, 5.41) is 3.39. The number of benzene rings is 1. The zero-order valence-corrected chi connectivity index (χ0v) is 14.5. The molecule has 0 fully saturated rings. The van der Waals surface area contributed by atoms with Crippen LogP contribution < -0.4 is 16.4 Å². The number of alkyl halides is 3. The largest absolute Gasteiger partial charge is 0.455 e. The van der Waals surface area contributed by atoms with E-state index in [0.717, 1.165) is 25.3 Å². The number of halogens is 6. The summed E-state index contributed by atoms with van der Waals surface area (Å²) in [6.45, 7) is 1.16. The SMILES string of the molecule is Cc1c([C@H](NC(=O)Nc2cnc(N)c(F)c2)C(F)(F)F)oc2c(F)cc(F)cc12. The summed E-state index contributed by atoms with van der Waals surface area (Å²) in [6, 6.07) is -2.03. The monoisotopic (exact) mass is 418 g/mol. The van der Waals surface area contributed by atoms with Crippen LogP contribution in [0.4, 0.5) is 42.6 Å². The normalized spacial score (nSPS) is 12.8. The van der Waals surface area contributed by atoms with Crippen LogP contribution in [0.2, 0.25) is 0 Å². The number of anilines is 2. The standard InChI is InChI=1S/C17H12F6N4O2/c1-6-9-2-7(18)3-10(19)13(9)29-12(6)14(17(21,22)23)27-16(28)26-8-4-11(20)15(24)25-5-8/h2-5,14H,1H3,(H2,24,25)(H2,26,27,28)/t14-/m0/s1. The van der Waals surface area contributed by atoms with Crippen molar-refractivity contribution in [1.82, 2.24) is 10.3 Å². The second kappa shape index (κ2) is 7.18. The maximum atomic E-state index is 13.9. The van der Waals surface area contributed by atoms with Crippen molar-refractivity contribution < 1.29 is 35.6 Å². The van der Waals surface area contributed by atoms with Crippen molar-refractivity contribution in [2.45, 2.75) is 19.1 Å². The minimum atomic E-state index is -5.05. The Morgan fingerprint density at radius 2 is 1.86 bits per heavy atom. The first kappa shape index (κ1) is 20.3. The molecule has 0 unspecified atom stereocenters. The van der Waals surface area contributed by atoms with E-state index in [4.69, 9.17) is 10.2 Å². The lowest BCUT2D eigenvalue weighted by Gasteiger charge is -2.20. The van der Waals surface area contributed by atoms with Crippen molar-refractivity contribution in [1.29, 1.82) is 0 Å². The quantitative estimate of drug-likeness (QED) is 0.544. The Morgan fingerprint density at radius 1 is 1.17 bits per heavy atom. The zero-order chi connectivity index (χ0) is 21.5. The van der Waals surface area contributed by atoms with Gasteiger partial charge in [-0.05, 0) is 13.0 Å². The molecule has 2 amide bonds. The first-order chi connectivity index (χ1) is 13.5. The zero-order valence-electron chi connectivity index (χ0n) is 14.5. The van der Waals surface area contributed by atoms with E-state index in [0.29, 0.717) is 6.07 Å². The molecule has 0 aliphatic heterocycles. The molecule has 154 valence electrons. The second-order valence-corrected chi connectivity index (χ2v) is 6.02. The molecule has 6 nitrogen and oxygen atoms in total. The maximum absolute atomic E-state index is 13.9. The number of pyridine rings is 1. The number of rotatable bonds is 3. The third kappa shape index (κ3) is 4.05. The van der Waals surface area contributed by atoms with Crippen LogP contribution in [0.3, 0.4) is 0 Å². The highest BCUT2D eigenvalue weighted by atomic mass is 19.4. The molecule has 0 radical (unpaired) electrons. The van der Waals surface area contributed by atoms with Gasteiger partial charge in [-0.1, -0.05) is 0 Å². The van der Waals surface area contributed by atoms with Gasteiger partial charge in [0.1, 0.15) is 11.6 Å². The lowest BCUT2D eigenvalue weighted by molar-refractivity contribution is -0.158. The molecule has 1 aromatic carbocycles. The van der Waals surface area contributed by atoms with Gasteiger partial charge < -0.3 is 20.8 Å². The van der Waals surface area contributed by atoms with E-state index in [1.807, 2.05) is 5.32 Å². The van der Waals surface area contributed by atoms with Gasteiger partial charge in [-0.15, -0.1) is 0 Å². The van der Waals surface area contributed by atoms with Gasteiger partial charge in [-0.25, -0.2) is 22.9 Å². The van der Waals surface area contributed by atoms with Crippen molar-refractivity contribution in [2.24, 2.45) is 0 Å². The molecule has 0 aliphatic rings. The lowest BCUT2D eigenvalue weighted by atomic mass is 10.1. The number of fused-ring (bicyclic) bond motifs is 1. The van der Waals surface area contributed by atoms with E-state index in [-0.39, 0.29) is 16.6 Å². The topological polar surface area (TPSA) is 93.2 Å². The van der Waals surface area contributed by atoms with Crippen molar-refractivity contribution >= 4 is 28.5 Å². The Kier molecular flexibility index (Phi) is 5.03. The number of urea groups is 1.